The third kappa shape index (κ3) is 7.85. The monoisotopic (exact) mass is 495 g/mol. The molecular weight excluding hydrogens is 470 g/mol. The van der Waals surface area contributed by atoms with Crippen LogP contribution in [0.3, 0.4) is 0 Å². The Morgan fingerprint density at radius 1 is 0.879 bits per heavy atom. The summed E-state index contributed by atoms with van der Waals surface area (Å²) in [5, 5.41) is 5.58. The molecular formula is C22H26ClN3O6S. The lowest BCUT2D eigenvalue weighted by molar-refractivity contribution is -0.155. The van der Waals surface area contributed by atoms with E-state index < -0.39 is 40.0 Å². The first kappa shape index (κ1) is 26.3. The maximum absolute atomic E-state index is 12.7. The molecule has 11 heteroatoms. The topological polar surface area (TPSA) is 131 Å². The number of nitrogens with one attached hydrogen (secondary N) is 3. The molecule has 0 saturated heterocycles. The van der Waals surface area contributed by atoms with Crippen LogP contribution >= 0.6 is 11.6 Å². The van der Waals surface area contributed by atoms with Crippen LogP contribution in [0, 0.1) is 5.92 Å². The minimum Gasteiger partial charge on any atom is -0.451 e. The number of benzene rings is 2. The van der Waals surface area contributed by atoms with Gasteiger partial charge in [0.25, 0.3) is 5.91 Å². The number of carbonyl (C=O) groups excluding carboxylic acids is 3. The molecule has 33 heavy (non-hydrogen) atoms. The summed E-state index contributed by atoms with van der Waals surface area (Å²) in [5.74, 6) is -2.15. The quantitative estimate of drug-likeness (QED) is 0.458. The second-order valence-electron chi connectivity index (χ2n) is 7.62. The van der Waals surface area contributed by atoms with Crippen LogP contribution in [-0.4, -0.2) is 38.3 Å². The molecule has 0 aliphatic heterocycles. The Labute approximate surface area is 197 Å². The van der Waals surface area contributed by atoms with E-state index in [1.54, 1.807) is 38.1 Å². The zero-order valence-electron chi connectivity index (χ0n) is 18.6. The third-order valence-electron chi connectivity index (χ3n) is 4.46. The van der Waals surface area contributed by atoms with Gasteiger partial charge in [-0.05, 0) is 61.4 Å². The van der Waals surface area contributed by atoms with Gasteiger partial charge in [0.15, 0.2) is 6.10 Å². The first-order valence-electron chi connectivity index (χ1n) is 10.1. The summed E-state index contributed by atoms with van der Waals surface area (Å²) >= 11 is 5.80. The van der Waals surface area contributed by atoms with E-state index in [1.165, 1.54) is 38.1 Å². The second-order valence-corrected chi connectivity index (χ2v) is 9.77. The van der Waals surface area contributed by atoms with E-state index in [0.29, 0.717) is 16.4 Å². The average Bonchev–Trinajstić information content (AvgIpc) is 2.73. The van der Waals surface area contributed by atoms with Crippen LogP contribution in [0.5, 0.6) is 0 Å². The highest BCUT2D eigenvalue weighted by atomic mass is 35.5. The van der Waals surface area contributed by atoms with Gasteiger partial charge in [0, 0.05) is 23.3 Å². The fourth-order valence-electron chi connectivity index (χ4n) is 2.69. The van der Waals surface area contributed by atoms with Gasteiger partial charge >= 0.3 is 5.97 Å². The van der Waals surface area contributed by atoms with Gasteiger partial charge in [-0.1, -0.05) is 25.4 Å². The Morgan fingerprint density at radius 2 is 1.39 bits per heavy atom. The number of sulfonamides is 1. The Hall–Kier alpha value is -2.95. The van der Waals surface area contributed by atoms with Gasteiger partial charge < -0.3 is 15.4 Å². The van der Waals surface area contributed by atoms with Gasteiger partial charge in [-0.25, -0.2) is 8.42 Å². The molecule has 2 amide bonds. The highest BCUT2D eigenvalue weighted by Crippen LogP contribution is 2.17. The summed E-state index contributed by atoms with van der Waals surface area (Å²) in [6.07, 6.45) is -1.19. The highest BCUT2D eigenvalue weighted by molar-refractivity contribution is 7.89. The van der Waals surface area contributed by atoms with Crippen LogP contribution in [-0.2, 0) is 29.1 Å². The number of amides is 2. The van der Waals surface area contributed by atoms with Gasteiger partial charge in [-0.15, -0.1) is 0 Å². The van der Waals surface area contributed by atoms with Crippen LogP contribution < -0.4 is 15.4 Å². The lowest BCUT2D eigenvalue weighted by Crippen LogP contribution is -2.47. The van der Waals surface area contributed by atoms with Crippen LogP contribution in [0.25, 0.3) is 0 Å². The number of esters is 1. The molecule has 3 N–H and O–H groups in total. The minimum absolute atomic E-state index is 0.0566. The lowest BCUT2D eigenvalue weighted by atomic mass is 10.1. The normalized spacial score (nSPS) is 13.2. The van der Waals surface area contributed by atoms with Crippen molar-refractivity contribution in [1.29, 1.82) is 0 Å². The van der Waals surface area contributed by atoms with Gasteiger partial charge in [0.1, 0.15) is 6.04 Å². The Bertz CT molecular complexity index is 1100. The van der Waals surface area contributed by atoms with E-state index in [2.05, 4.69) is 15.4 Å². The van der Waals surface area contributed by atoms with Crippen molar-refractivity contribution >= 4 is 50.8 Å². The van der Waals surface area contributed by atoms with E-state index in [9.17, 15) is 22.8 Å². The number of rotatable bonds is 9. The summed E-state index contributed by atoms with van der Waals surface area (Å²) in [7, 11) is -4.02. The van der Waals surface area contributed by atoms with Crippen molar-refractivity contribution in [2.45, 2.75) is 44.7 Å². The van der Waals surface area contributed by atoms with Crippen molar-refractivity contribution in [2.24, 2.45) is 5.92 Å². The fourth-order valence-corrected chi connectivity index (χ4v) is 4.15. The number of anilines is 2. The van der Waals surface area contributed by atoms with Crippen LogP contribution in [0.15, 0.2) is 53.4 Å². The average molecular weight is 496 g/mol. The van der Waals surface area contributed by atoms with E-state index in [4.69, 9.17) is 16.3 Å². The van der Waals surface area contributed by atoms with E-state index in [-0.39, 0.29) is 10.8 Å². The molecule has 0 saturated carbocycles. The van der Waals surface area contributed by atoms with Gasteiger partial charge in [0.2, 0.25) is 15.9 Å². The maximum Gasteiger partial charge on any atom is 0.325 e. The molecule has 178 valence electrons. The molecule has 0 radical (unpaired) electrons. The van der Waals surface area contributed by atoms with E-state index in [1.807, 2.05) is 0 Å². The first-order chi connectivity index (χ1) is 15.4. The van der Waals surface area contributed by atoms with Gasteiger partial charge in [-0.3, -0.25) is 14.4 Å². The second kappa shape index (κ2) is 11.3. The molecule has 0 heterocycles. The van der Waals surface area contributed by atoms with Crippen molar-refractivity contribution in [1.82, 2.24) is 4.72 Å². The van der Waals surface area contributed by atoms with Crippen molar-refractivity contribution in [3.8, 4) is 0 Å². The highest BCUT2D eigenvalue weighted by Gasteiger charge is 2.32. The van der Waals surface area contributed by atoms with Crippen molar-refractivity contribution in [3.63, 3.8) is 0 Å². The molecule has 2 aromatic rings. The maximum atomic E-state index is 12.7. The standard InChI is InChI=1S/C22H26ClN3O6S/c1-13(2)20(26-33(30,31)19-11-5-16(23)6-12-19)22(29)32-14(3)21(28)25-18-9-7-17(8-10-18)24-15(4)27/h5-14,20,26H,1-4H3,(H,24,27)(H,25,28)/t14-,20-/m1/s1. The minimum atomic E-state index is -4.02. The fraction of sp³-hybridized carbons (Fsp3) is 0.318. The van der Waals surface area contributed by atoms with Crippen LogP contribution in [0.1, 0.15) is 27.7 Å². The Morgan fingerprint density at radius 3 is 1.88 bits per heavy atom. The number of ether oxygens (including phenoxy) is 1. The summed E-state index contributed by atoms with van der Waals surface area (Å²) in [4.78, 5) is 36.1. The number of halogens is 1. The number of hydrogen-bond donors (Lipinski definition) is 3. The molecule has 2 rings (SSSR count). The van der Waals surface area contributed by atoms with E-state index >= 15 is 0 Å². The molecule has 2 atom stereocenters. The zero-order valence-corrected chi connectivity index (χ0v) is 20.2. The van der Waals surface area contributed by atoms with Crippen LogP contribution in [0.4, 0.5) is 11.4 Å². The Balaban J connectivity index is 2.03. The van der Waals surface area contributed by atoms with Crippen molar-refractivity contribution in [3.05, 3.63) is 53.6 Å². The largest absolute Gasteiger partial charge is 0.451 e. The van der Waals surface area contributed by atoms with Crippen LogP contribution in [0.2, 0.25) is 5.02 Å². The van der Waals surface area contributed by atoms with E-state index in [0.717, 1.165) is 0 Å². The van der Waals surface area contributed by atoms with Gasteiger partial charge in [-0.2, -0.15) is 4.72 Å². The smallest absolute Gasteiger partial charge is 0.325 e. The summed E-state index contributed by atoms with van der Waals surface area (Å²) < 4.78 is 32.9. The number of hydrogen-bond acceptors (Lipinski definition) is 6. The lowest BCUT2D eigenvalue weighted by Gasteiger charge is -2.23. The molecule has 0 spiro atoms. The van der Waals surface area contributed by atoms with Crippen molar-refractivity contribution in [2.75, 3.05) is 10.6 Å². The molecule has 9 nitrogen and oxygen atoms in total. The number of carbonyl (C=O) groups is 3. The van der Waals surface area contributed by atoms with Crippen molar-refractivity contribution < 1.29 is 27.5 Å². The molecule has 0 aliphatic carbocycles. The summed E-state index contributed by atoms with van der Waals surface area (Å²) in [6, 6.07) is 10.6. The zero-order chi connectivity index (χ0) is 24.8. The molecule has 0 unspecified atom stereocenters. The molecule has 2 aromatic carbocycles. The predicted molar refractivity (Wildman–Crippen MR) is 125 cm³/mol. The summed E-state index contributed by atoms with van der Waals surface area (Å²) in [5.41, 5.74) is 0.994. The first-order valence-corrected chi connectivity index (χ1v) is 11.9. The molecule has 0 bridgehead atoms. The molecule has 0 aliphatic rings. The third-order valence-corrected chi connectivity index (χ3v) is 6.17. The SMILES string of the molecule is CC(=O)Nc1ccc(NC(=O)[C@@H](C)OC(=O)[C@H](NS(=O)(=O)c2ccc(Cl)cc2)C(C)C)cc1. The van der Waals surface area contributed by atoms with Gasteiger partial charge in [0.05, 0.1) is 4.90 Å². The molecule has 0 fully saturated rings. The molecule has 0 aromatic heterocycles. The summed E-state index contributed by atoms with van der Waals surface area (Å²) in [6.45, 7) is 6.06. The Kier molecular flexibility index (Phi) is 8.98. The predicted octanol–water partition coefficient (Wildman–Crippen LogP) is 3.17.